The maximum atomic E-state index is 11.6. The molecule has 19 heavy (non-hydrogen) atoms. The highest BCUT2D eigenvalue weighted by molar-refractivity contribution is 7.99. The van der Waals surface area contributed by atoms with Gasteiger partial charge in [0.05, 0.1) is 10.1 Å². The predicted molar refractivity (Wildman–Crippen MR) is 78.6 cm³/mol. The summed E-state index contributed by atoms with van der Waals surface area (Å²) in [4.78, 5) is 16.7. The van der Waals surface area contributed by atoms with Gasteiger partial charge < -0.3 is 5.32 Å². The van der Waals surface area contributed by atoms with E-state index in [4.69, 9.17) is 11.6 Å². The molecule has 0 aliphatic carbocycles. The molecule has 0 radical (unpaired) electrons. The van der Waals surface area contributed by atoms with Crippen LogP contribution in [0.3, 0.4) is 0 Å². The van der Waals surface area contributed by atoms with Gasteiger partial charge in [-0.05, 0) is 12.1 Å². The van der Waals surface area contributed by atoms with E-state index in [1.54, 1.807) is 23.1 Å². The van der Waals surface area contributed by atoms with E-state index in [9.17, 15) is 4.79 Å². The molecule has 1 amide bonds. The molecule has 2 heterocycles. The molecule has 0 saturated heterocycles. The summed E-state index contributed by atoms with van der Waals surface area (Å²) in [6.07, 6.45) is 2.12. The topological polar surface area (TPSA) is 70.7 Å². The number of amides is 1. The van der Waals surface area contributed by atoms with Crippen molar-refractivity contribution in [2.75, 3.05) is 12.3 Å². The minimum Gasteiger partial charge on any atom is -0.355 e. The van der Waals surface area contributed by atoms with Crippen molar-refractivity contribution < 1.29 is 4.79 Å². The first-order valence-electron chi connectivity index (χ1n) is 5.67. The van der Waals surface area contributed by atoms with Crippen LogP contribution in [-0.4, -0.2) is 33.4 Å². The molecule has 0 unspecified atom stereocenters. The van der Waals surface area contributed by atoms with E-state index in [1.165, 1.54) is 11.2 Å². The lowest BCUT2D eigenvalue weighted by Gasteiger charge is -2.03. The van der Waals surface area contributed by atoms with Crippen LogP contribution < -0.4 is 5.32 Å². The van der Waals surface area contributed by atoms with E-state index >= 15 is 0 Å². The highest BCUT2D eigenvalue weighted by Crippen LogP contribution is 2.24. The number of hydrogen-bond acceptors (Lipinski definition) is 5. The van der Waals surface area contributed by atoms with Crippen LogP contribution >= 0.6 is 34.7 Å². The van der Waals surface area contributed by atoms with Crippen LogP contribution in [0.25, 0.3) is 0 Å². The standard InChI is InChI=1S/C11H13ClN4OS2/c12-9-2-1-8(19-9)5-18-6-11(17)13-4-3-10-14-7-15-16-10/h1-2,7H,3-6H2,(H,13,17)(H,14,15,16). The van der Waals surface area contributed by atoms with Crippen molar-refractivity contribution in [3.63, 3.8) is 0 Å². The zero-order valence-corrected chi connectivity index (χ0v) is 12.4. The molecule has 102 valence electrons. The van der Waals surface area contributed by atoms with E-state index < -0.39 is 0 Å². The van der Waals surface area contributed by atoms with Crippen LogP contribution in [0.1, 0.15) is 10.7 Å². The number of aromatic amines is 1. The van der Waals surface area contributed by atoms with Crippen LogP contribution in [0.2, 0.25) is 4.34 Å². The van der Waals surface area contributed by atoms with Gasteiger partial charge in [-0.1, -0.05) is 11.6 Å². The number of nitrogens with zero attached hydrogens (tertiary/aromatic N) is 2. The lowest BCUT2D eigenvalue weighted by Crippen LogP contribution is -2.27. The Morgan fingerprint density at radius 1 is 1.53 bits per heavy atom. The van der Waals surface area contributed by atoms with Gasteiger partial charge in [-0.15, -0.1) is 23.1 Å². The molecule has 0 aliphatic rings. The average molecular weight is 317 g/mol. The highest BCUT2D eigenvalue weighted by Gasteiger charge is 2.04. The summed E-state index contributed by atoms with van der Waals surface area (Å²) < 4.78 is 0.784. The Labute approximate surface area is 124 Å². The number of rotatable bonds is 7. The highest BCUT2D eigenvalue weighted by atomic mass is 35.5. The molecule has 5 nitrogen and oxygen atoms in total. The zero-order valence-electron chi connectivity index (χ0n) is 10.1. The second-order valence-corrected chi connectivity index (χ2v) is 6.52. The zero-order chi connectivity index (χ0) is 13.5. The summed E-state index contributed by atoms with van der Waals surface area (Å²) in [6, 6.07) is 3.86. The van der Waals surface area contributed by atoms with E-state index in [2.05, 4.69) is 20.5 Å². The second-order valence-electron chi connectivity index (χ2n) is 3.73. The van der Waals surface area contributed by atoms with E-state index in [0.29, 0.717) is 18.7 Å². The normalized spacial score (nSPS) is 10.6. The van der Waals surface area contributed by atoms with Crippen LogP contribution in [0, 0.1) is 0 Å². The van der Waals surface area contributed by atoms with Crippen molar-refractivity contribution in [1.29, 1.82) is 0 Å². The molecule has 0 spiro atoms. The van der Waals surface area contributed by atoms with Crippen LogP contribution in [0.15, 0.2) is 18.5 Å². The van der Waals surface area contributed by atoms with Gasteiger partial charge in [0, 0.05) is 23.6 Å². The number of hydrogen-bond donors (Lipinski definition) is 2. The molecular weight excluding hydrogens is 304 g/mol. The number of halogens is 1. The lowest BCUT2D eigenvalue weighted by atomic mass is 10.4. The fourth-order valence-electron chi connectivity index (χ4n) is 1.40. The summed E-state index contributed by atoms with van der Waals surface area (Å²) in [5, 5.41) is 9.33. The molecule has 2 N–H and O–H groups in total. The number of carbonyl (C=O) groups excluding carboxylic acids is 1. The molecular formula is C11H13ClN4OS2. The monoisotopic (exact) mass is 316 g/mol. The van der Waals surface area contributed by atoms with Crippen molar-refractivity contribution >= 4 is 40.6 Å². The molecule has 0 atom stereocenters. The maximum absolute atomic E-state index is 11.6. The first-order chi connectivity index (χ1) is 9.24. The van der Waals surface area contributed by atoms with Crippen LogP contribution in [-0.2, 0) is 17.0 Å². The number of thiophene rings is 1. The first-order valence-corrected chi connectivity index (χ1v) is 8.02. The molecule has 0 bridgehead atoms. The molecule has 2 aromatic heterocycles. The smallest absolute Gasteiger partial charge is 0.230 e. The van der Waals surface area contributed by atoms with Crippen molar-refractivity contribution in [3.05, 3.63) is 33.5 Å². The number of aromatic nitrogens is 3. The van der Waals surface area contributed by atoms with Crippen molar-refractivity contribution in [3.8, 4) is 0 Å². The fourth-order valence-corrected chi connectivity index (χ4v) is 3.45. The summed E-state index contributed by atoms with van der Waals surface area (Å²) in [7, 11) is 0. The Bertz CT molecular complexity index is 515. The van der Waals surface area contributed by atoms with E-state index in [0.717, 1.165) is 15.9 Å². The van der Waals surface area contributed by atoms with E-state index in [1.807, 2.05) is 12.1 Å². The Kier molecular flexibility index (Phi) is 5.68. The Morgan fingerprint density at radius 3 is 3.11 bits per heavy atom. The molecule has 2 aromatic rings. The van der Waals surface area contributed by atoms with Gasteiger partial charge in [0.25, 0.3) is 0 Å². The van der Waals surface area contributed by atoms with Crippen LogP contribution in [0.5, 0.6) is 0 Å². The maximum Gasteiger partial charge on any atom is 0.230 e. The van der Waals surface area contributed by atoms with Crippen molar-refractivity contribution in [2.24, 2.45) is 0 Å². The van der Waals surface area contributed by atoms with Gasteiger partial charge in [0.1, 0.15) is 12.2 Å². The van der Waals surface area contributed by atoms with Gasteiger partial charge >= 0.3 is 0 Å². The molecule has 0 aromatic carbocycles. The lowest BCUT2D eigenvalue weighted by molar-refractivity contribution is -0.118. The minimum atomic E-state index is 0.0344. The number of H-pyrrole nitrogens is 1. The second kappa shape index (κ2) is 7.52. The average Bonchev–Trinajstić information content (AvgIpc) is 3.01. The van der Waals surface area contributed by atoms with Gasteiger partial charge in [0.2, 0.25) is 5.91 Å². The Hall–Kier alpha value is -1.05. The van der Waals surface area contributed by atoms with Crippen molar-refractivity contribution in [2.45, 2.75) is 12.2 Å². The Morgan fingerprint density at radius 2 is 2.42 bits per heavy atom. The third-order valence-corrected chi connectivity index (χ3v) is 4.65. The molecule has 0 aliphatic heterocycles. The number of thioether (sulfide) groups is 1. The predicted octanol–water partition coefficient (Wildman–Crippen LogP) is 2.11. The van der Waals surface area contributed by atoms with E-state index in [-0.39, 0.29) is 5.91 Å². The summed E-state index contributed by atoms with van der Waals surface area (Å²) >= 11 is 8.96. The van der Waals surface area contributed by atoms with Gasteiger partial charge in [0.15, 0.2) is 0 Å². The summed E-state index contributed by atoms with van der Waals surface area (Å²) in [5.74, 6) is 2.08. The van der Waals surface area contributed by atoms with Crippen LogP contribution in [0.4, 0.5) is 0 Å². The third kappa shape index (κ3) is 5.22. The summed E-state index contributed by atoms with van der Waals surface area (Å²) in [6.45, 7) is 0.569. The number of nitrogens with one attached hydrogen (secondary N) is 2. The third-order valence-electron chi connectivity index (χ3n) is 2.26. The Balaban J connectivity index is 1.57. The molecule has 8 heteroatoms. The molecule has 0 fully saturated rings. The van der Waals surface area contributed by atoms with Gasteiger partial charge in [-0.25, -0.2) is 4.98 Å². The number of carbonyl (C=O) groups is 1. The fraction of sp³-hybridized carbons (Fsp3) is 0.364. The molecule has 0 saturated carbocycles. The summed E-state index contributed by atoms with van der Waals surface area (Å²) in [5.41, 5.74) is 0. The van der Waals surface area contributed by atoms with Gasteiger partial charge in [-0.2, -0.15) is 5.10 Å². The first kappa shape index (κ1) is 14.4. The van der Waals surface area contributed by atoms with Gasteiger partial charge in [-0.3, -0.25) is 9.89 Å². The quantitative estimate of drug-likeness (QED) is 0.821. The SMILES string of the molecule is O=C(CSCc1ccc(Cl)s1)NCCc1ncn[nH]1. The largest absolute Gasteiger partial charge is 0.355 e. The minimum absolute atomic E-state index is 0.0344. The molecule has 2 rings (SSSR count). The van der Waals surface area contributed by atoms with Crippen molar-refractivity contribution in [1.82, 2.24) is 20.5 Å².